The molecule has 4 nitrogen and oxygen atoms in total. The highest BCUT2D eigenvalue weighted by Crippen LogP contribution is 2.17. The molecule has 1 N–H and O–H groups in total. The first-order valence-electron chi connectivity index (χ1n) is 5.57. The van der Waals surface area contributed by atoms with Gasteiger partial charge in [-0.15, -0.1) is 0 Å². The Balaban J connectivity index is 2.30. The van der Waals surface area contributed by atoms with Crippen molar-refractivity contribution in [2.24, 2.45) is 0 Å². The highest BCUT2D eigenvalue weighted by atomic mass is 16.5. The zero-order valence-electron chi connectivity index (χ0n) is 9.81. The summed E-state index contributed by atoms with van der Waals surface area (Å²) in [4.78, 5) is 21.7. The fraction of sp³-hybridized carbons (Fsp3) is 0.385. The van der Waals surface area contributed by atoms with E-state index in [1.807, 2.05) is 19.1 Å². The number of rotatable bonds is 6. The Bertz CT molecular complexity index is 398. The van der Waals surface area contributed by atoms with Crippen molar-refractivity contribution >= 4 is 11.9 Å². The van der Waals surface area contributed by atoms with E-state index >= 15 is 0 Å². The quantitative estimate of drug-likeness (QED) is 0.468. The van der Waals surface area contributed by atoms with Gasteiger partial charge in [0.2, 0.25) is 0 Å². The molecule has 0 saturated carbocycles. The Morgan fingerprint density at radius 2 is 1.82 bits per heavy atom. The molecule has 0 saturated heterocycles. The maximum Gasteiger partial charge on any atom is 0.311 e. The Morgan fingerprint density at radius 1 is 1.18 bits per heavy atom. The minimum Gasteiger partial charge on any atom is -0.481 e. The van der Waals surface area contributed by atoms with E-state index in [-0.39, 0.29) is 18.8 Å². The molecule has 1 rings (SSSR count). The van der Waals surface area contributed by atoms with Gasteiger partial charge in [0.25, 0.3) is 0 Å². The van der Waals surface area contributed by atoms with E-state index in [1.54, 1.807) is 12.1 Å². The normalized spacial score (nSPS) is 9.94. The highest BCUT2D eigenvalue weighted by molar-refractivity contribution is 5.72. The van der Waals surface area contributed by atoms with Gasteiger partial charge < -0.3 is 9.84 Å². The lowest BCUT2D eigenvalue weighted by atomic mass is 10.2. The molecule has 17 heavy (non-hydrogen) atoms. The molecule has 0 aliphatic rings. The molecule has 0 aliphatic heterocycles. The van der Waals surface area contributed by atoms with Gasteiger partial charge in [-0.1, -0.05) is 18.2 Å². The Hall–Kier alpha value is -1.84. The lowest BCUT2D eigenvalue weighted by molar-refractivity contribution is -0.138. The van der Waals surface area contributed by atoms with Crippen LogP contribution in [0.4, 0.5) is 0 Å². The lowest BCUT2D eigenvalue weighted by Gasteiger charge is -2.06. The van der Waals surface area contributed by atoms with E-state index in [0.717, 1.165) is 5.56 Å². The van der Waals surface area contributed by atoms with Gasteiger partial charge in [0.05, 0.1) is 0 Å². The summed E-state index contributed by atoms with van der Waals surface area (Å²) >= 11 is 0. The number of esters is 1. The van der Waals surface area contributed by atoms with Crippen LogP contribution in [0.5, 0.6) is 5.75 Å². The van der Waals surface area contributed by atoms with Crippen LogP contribution in [0.15, 0.2) is 24.3 Å². The second-order valence-electron chi connectivity index (χ2n) is 3.84. The van der Waals surface area contributed by atoms with Crippen molar-refractivity contribution in [3.63, 3.8) is 0 Å². The summed E-state index contributed by atoms with van der Waals surface area (Å²) in [6.45, 7) is 1.87. The number of unbranched alkanes of at least 4 members (excludes halogenated alkanes) is 1. The van der Waals surface area contributed by atoms with Gasteiger partial charge in [-0.3, -0.25) is 9.59 Å². The summed E-state index contributed by atoms with van der Waals surface area (Å²) in [6, 6.07) is 7.29. The molecule has 4 heteroatoms. The molecule has 0 fully saturated rings. The molecule has 92 valence electrons. The van der Waals surface area contributed by atoms with Gasteiger partial charge in [0.15, 0.2) is 0 Å². The van der Waals surface area contributed by atoms with Crippen LogP contribution in [0.3, 0.4) is 0 Å². The Kier molecular flexibility index (Phi) is 5.20. The molecule has 1 aromatic rings. The summed E-state index contributed by atoms with van der Waals surface area (Å²) in [5.41, 5.74) is 0.909. The first-order chi connectivity index (χ1) is 8.09. The second-order valence-corrected chi connectivity index (χ2v) is 3.84. The van der Waals surface area contributed by atoms with E-state index in [4.69, 9.17) is 9.84 Å². The lowest BCUT2D eigenvalue weighted by Crippen LogP contribution is -2.08. The molecule has 0 amide bonds. The predicted octanol–water partition coefficient (Wildman–Crippen LogP) is 2.55. The van der Waals surface area contributed by atoms with Gasteiger partial charge in [-0.2, -0.15) is 0 Å². The minimum absolute atomic E-state index is 0.0949. The molecule has 1 aromatic carbocycles. The molecular weight excluding hydrogens is 220 g/mol. The molecule has 0 aliphatic carbocycles. The van der Waals surface area contributed by atoms with Crippen LogP contribution in [0.1, 0.15) is 31.2 Å². The molecule has 0 atom stereocenters. The molecule has 0 spiro atoms. The van der Waals surface area contributed by atoms with Crippen LogP contribution in [0.25, 0.3) is 0 Å². The van der Waals surface area contributed by atoms with Crippen LogP contribution in [-0.4, -0.2) is 17.0 Å². The number of hydrogen-bond donors (Lipinski definition) is 1. The number of benzene rings is 1. The first-order valence-corrected chi connectivity index (χ1v) is 5.57. The third kappa shape index (κ3) is 5.15. The smallest absolute Gasteiger partial charge is 0.311 e. The van der Waals surface area contributed by atoms with Crippen molar-refractivity contribution in [1.82, 2.24) is 0 Å². The standard InChI is InChI=1S/C13H16O4/c1-10-6-2-3-7-11(10)17-13(16)9-5-4-8-12(14)15/h2-3,6-7H,4-5,8-9H2,1H3,(H,14,15). The molecule has 0 radical (unpaired) electrons. The summed E-state index contributed by atoms with van der Waals surface area (Å²) < 4.78 is 5.17. The first kappa shape index (κ1) is 13.2. The maximum absolute atomic E-state index is 11.4. The van der Waals surface area contributed by atoms with E-state index in [2.05, 4.69) is 0 Å². The number of carbonyl (C=O) groups is 2. The zero-order chi connectivity index (χ0) is 12.7. The van der Waals surface area contributed by atoms with Crippen molar-refractivity contribution in [1.29, 1.82) is 0 Å². The van der Waals surface area contributed by atoms with Crippen molar-refractivity contribution in [3.8, 4) is 5.75 Å². The maximum atomic E-state index is 11.4. The van der Waals surface area contributed by atoms with E-state index in [1.165, 1.54) is 0 Å². The summed E-state index contributed by atoms with van der Waals surface area (Å²) in [7, 11) is 0. The Labute approximate surface area is 100 Å². The minimum atomic E-state index is -0.836. The van der Waals surface area contributed by atoms with Crippen molar-refractivity contribution < 1.29 is 19.4 Å². The Morgan fingerprint density at radius 3 is 2.47 bits per heavy atom. The SMILES string of the molecule is Cc1ccccc1OC(=O)CCCCC(=O)O. The van der Waals surface area contributed by atoms with Crippen molar-refractivity contribution in [2.75, 3.05) is 0 Å². The van der Waals surface area contributed by atoms with Crippen LogP contribution in [0.2, 0.25) is 0 Å². The average Bonchev–Trinajstić information content (AvgIpc) is 2.27. The summed E-state index contributed by atoms with van der Waals surface area (Å²) in [6.07, 6.45) is 1.38. The van der Waals surface area contributed by atoms with Crippen LogP contribution < -0.4 is 4.74 Å². The second kappa shape index (κ2) is 6.68. The molecule has 0 unspecified atom stereocenters. The number of carboxylic acid groups (broad SMARTS) is 1. The van der Waals surface area contributed by atoms with Gasteiger partial charge in [0.1, 0.15) is 5.75 Å². The van der Waals surface area contributed by atoms with Crippen LogP contribution in [-0.2, 0) is 9.59 Å². The van der Waals surface area contributed by atoms with Crippen LogP contribution >= 0.6 is 0 Å². The fourth-order valence-electron chi connectivity index (χ4n) is 1.39. The molecule has 0 bridgehead atoms. The number of aliphatic carboxylic acids is 1. The molecular formula is C13H16O4. The fourth-order valence-corrected chi connectivity index (χ4v) is 1.39. The van der Waals surface area contributed by atoms with Crippen LogP contribution in [0, 0.1) is 6.92 Å². The monoisotopic (exact) mass is 236 g/mol. The topological polar surface area (TPSA) is 63.6 Å². The zero-order valence-corrected chi connectivity index (χ0v) is 9.81. The largest absolute Gasteiger partial charge is 0.481 e. The van der Waals surface area contributed by atoms with Gasteiger partial charge in [0, 0.05) is 12.8 Å². The number of aryl methyl sites for hydroxylation is 1. The summed E-state index contributed by atoms with van der Waals surface area (Å²) in [5.74, 6) is -0.585. The number of hydrogen-bond acceptors (Lipinski definition) is 3. The third-order valence-corrected chi connectivity index (χ3v) is 2.34. The number of ether oxygens (including phenoxy) is 1. The van der Waals surface area contributed by atoms with E-state index in [0.29, 0.717) is 18.6 Å². The average molecular weight is 236 g/mol. The van der Waals surface area contributed by atoms with E-state index in [9.17, 15) is 9.59 Å². The third-order valence-electron chi connectivity index (χ3n) is 2.34. The van der Waals surface area contributed by atoms with Gasteiger partial charge >= 0.3 is 11.9 Å². The highest BCUT2D eigenvalue weighted by Gasteiger charge is 2.07. The predicted molar refractivity (Wildman–Crippen MR) is 62.9 cm³/mol. The van der Waals surface area contributed by atoms with Gasteiger partial charge in [-0.05, 0) is 31.4 Å². The number of carbonyl (C=O) groups excluding carboxylic acids is 1. The molecule has 0 aromatic heterocycles. The van der Waals surface area contributed by atoms with Gasteiger partial charge in [-0.25, -0.2) is 0 Å². The summed E-state index contributed by atoms with van der Waals surface area (Å²) in [5, 5.41) is 8.43. The van der Waals surface area contributed by atoms with E-state index < -0.39 is 5.97 Å². The molecule has 0 heterocycles. The van der Waals surface area contributed by atoms with Crippen molar-refractivity contribution in [2.45, 2.75) is 32.6 Å². The van der Waals surface area contributed by atoms with Crippen molar-refractivity contribution in [3.05, 3.63) is 29.8 Å². The number of carboxylic acids is 1. The number of para-hydroxylation sites is 1.